The summed E-state index contributed by atoms with van der Waals surface area (Å²) in [5.41, 5.74) is 2.27. The quantitative estimate of drug-likeness (QED) is 0.631. The summed E-state index contributed by atoms with van der Waals surface area (Å²) in [4.78, 5) is 4.41. The molecule has 0 spiro atoms. The van der Waals surface area contributed by atoms with Gasteiger partial charge in [0.15, 0.2) is 0 Å². The van der Waals surface area contributed by atoms with E-state index in [0.29, 0.717) is 0 Å². The van der Waals surface area contributed by atoms with Crippen molar-refractivity contribution in [2.75, 3.05) is 5.32 Å². The monoisotopic (exact) mass is 158 g/mol. The van der Waals surface area contributed by atoms with Crippen LogP contribution in [-0.2, 0) is 6.54 Å². The zero-order valence-electron chi connectivity index (χ0n) is 6.49. The summed E-state index contributed by atoms with van der Waals surface area (Å²) in [5, 5.41) is 3.12. The predicted octanol–water partition coefficient (Wildman–Crippen LogP) is 1.62. The number of para-hydroxylation sites is 2. The van der Waals surface area contributed by atoms with Crippen LogP contribution in [-0.4, -0.2) is 9.55 Å². The van der Waals surface area contributed by atoms with Gasteiger partial charge in [-0.15, -0.1) is 0 Å². The van der Waals surface area contributed by atoms with Gasteiger partial charge in [0.1, 0.15) is 0 Å². The van der Waals surface area contributed by atoms with E-state index in [0.717, 1.165) is 18.0 Å². The first-order valence-electron chi connectivity index (χ1n) is 3.98. The van der Waals surface area contributed by atoms with Crippen molar-refractivity contribution >= 4 is 17.0 Å². The smallest absolute Gasteiger partial charge is 0.204 e. The molecule has 0 fully saturated rings. The van der Waals surface area contributed by atoms with Gasteiger partial charge in [-0.3, -0.25) is 0 Å². The third-order valence-corrected chi connectivity index (χ3v) is 2.16. The number of aromatic nitrogens is 2. The summed E-state index contributed by atoms with van der Waals surface area (Å²) in [6.07, 6.45) is 0. The average molecular weight is 158 g/mol. The third kappa shape index (κ3) is 0.630. The number of benzene rings is 1. The molecule has 1 aliphatic rings. The molecule has 1 radical (unpaired) electrons. The summed E-state index contributed by atoms with van der Waals surface area (Å²) < 4.78 is 2.16. The van der Waals surface area contributed by atoms with E-state index in [9.17, 15) is 0 Å². The lowest BCUT2D eigenvalue weighted by atomic mass is 10.3. The molecule has 0 atom stereocenters. The number of nitrogens with zero attached hydrogens (tertiary/aromatic N) is 2. The van der Waals surface area contributed by atoms with Crippen molar-refractivity contribution in [2.24, 2.45) is 0 Å². The number of fused-ring (bicyclic) bond motifs is 3. The standard InChI is InChI=1S/C9H8N3/c1-2-4-8-7(3-1)11-9-10-5-6-12(8)9/h1-5H,6H2,(H,10,11). The van der Waals surface area contributed by atoms with Crippen molar-refractivity contribution in [1.29, 1.82) is 0 Å². The number of hydrogen-bond donors (Lipinski definition) is 1. The summed E-state index contributed by atoms with van der Waals surface area (Å²) >= 11 is 0. The molecule has 1 aromatic heterocycles. The first kappa shape index (κ1) is 6.06. The molecule has 3 rings (SSSR count). The van der Waals surface area contributed by atoms with Crippen molar-refractivity contribution in [3.8, 4) is 0 Å². The topological polar surface area (TPSA) is 29.9 Å². The molecule has 1 N–H and O–H groups in total. The Labute approximate surface area is 70.0 Å². The van der Waals surface area contributed by atoms with Gasteiger partial charge in [-0.25, -0.2) is 4.98 Å². The van der Waals surface area contributed by atoms with Gasteiger partial charge in [0.25, 0.3) is 0 Å². The van der Waals surface area contributed by atoms with E-state index in [4.69, 9.17) is 0 Å². The van der Waals surface area contributed by atoms with Crippen LogP contribution < -0.4 is 5.32 Å². The fourth-order valence-corrected chi connectivity index (χ4v) is 1.60. The van der Waals surface area contributed by atoms with Gasteiger partial charge in [-0.1, -0.05) is 12.1 Å². The zero-order chi connectivity index (χ0) is 7.97. The number of rotatable bonds is 0. The van der Waals surface area contributed by atoms with Gasteiger partial charge in [0.2, 0.25) is 5.95 Å². The predicted molar refractivity (Wildman–Crippen MR) is 47.7 cm³/mol. The van der Waals surface area contributed by atoms with Crippen LogP contribution in [0, 0.1) is 6.54 Å². The van der Waals surface area contributed by atoms with Crippen molar-refractivity contribution in [3.05, 3.63) is 30.8 Å². The summed E-state index contributed by atoms with van der Waals surface area (Å²) in [6.45, 7) is 2.92. The van der Waals surface area contributed by atoms with Crippen LogP contribution in [0.1, 0.15) is 0 Å². The molecule has 59 valence electrons. The normalized spacial score (nSPS) is 14.7. The van der Waals surface area contributed by atoms with E-state index < -0.39 is 0 Å². The molecule has 2 heterocycles. The summed E-state index contributed by atoms with van der Waals surface area (Å²) in [6, 6.07) is 8.17. The van der Waals surface area contributed by atoms with E-state index in [1.165, 1.54) is 5.52 Å². The highest BCUT2D eigenvalue weighted by molar-refractivity contribution is 5.79. The molecule has 0 unspecified atom stereocenters. The molecule has 1 aliphatic heterocycles. The Hall–Kier alpha value is -1.51. The van der Waals surface area contributed by atoms with Crippen LogP contribution in [0.15, 0.2) is 24.3 Å². The van der Waals surface area contributed by atoms with Gasteiger partial charge in [0.05, 0.1) is 17.6 Å². The number of anilines is 1. The van der Waals surface area contributed by atoms with Gasteiger partial charge >= 0.3 is 0 Å². The van der Waals surface area contributed by atoms with Crippen LogP contribution in [0.3, 0.4) is 0 Å². The van der Waals surface area contributed by atoms with Crippen molar-refractivity contribution < 1.29 is 0 Å². The summed E-state index contributed by atoms with van der Waals surface area (Å²) in [7, 11) is 0. The van der Waals surface area contributed by atoms with Gasteiger partial charge in [-0.2, -0.15) is 0 Å². The van der Waals surface area contributed by atoms with E-state index in [2.05, 4.69) is 20.9 Å². The Bertz CT molecular complexity index is 430. The van der Waals surface area contributed by atoms with Gasteiger partial charge in [-0.05, 0) is 12.1 Å². The first-order chi connectivity index (χ1) is 5.95. The Morgan fingerprint density at radius 1 is 1.33 bits per heavy atom. The maximum atomic E-state index is 4.41. The minimum Gasteiger partial charge on any atom is -0.349 e. The fourth-order valence-electron chi connectivity index (χ4n) is 1.60. The van der Waals surface area contributed by atoms with Crippen molar-refractivity contribution in [2.45, 2.75) is 6.54 Å². The molecular formula is C9H8N3. The van der Waals surface area contributed by atoms with E-state index in [-0.39, 0.29) is 0 Å². The Balaban J connectivity index is 2.44. The highest BCUT2D eigenvalue weighted by Crippen LogP contribution is 2.23. The van der Waals surface area contributed by atoms with Crippen LogP contribution in [0.5, 0.6) is 0 Å². The lowest BCUT2D eigenvalue weighted by Gasteiger charge is -1.93. The van der Waals surface area contributed by atoms with Crippen molar-refractivity contribution in [1.82, 2.24) is 9.55 Å². The van der Waals surface area contributed by atoms with Gasteiger partial charge < -0.3 is 9.88 Å². The molecule has 0 saturated carbocycles. The molecule has 12 heavy (non-hydrogen) atoms. The van der Waals surface area contributed by atoms with E-state index >= 15 is 0 Å². The maximum absolute atomic E-state index is 4.41. The first-order valence-corrected chi connectivity index (χ1v) is 3.98. The Morgan fingerprint density at radius 3 is 3.25 bits per heavy atom. The fraction of sp³-hybridized carbons (Fsp3) is 0.111. The molecule has 0 aliphatic carbocycles. The highest BCUT2D eigenvalue weighted by atomic mass is 15.3. The molecule has 1 aromatic carbocycles. The lowest BCUT2D eigenvalue weighted by Crippen LogP contribution is -1.87. The van der Waals surface area contributed by atoms with Crippen LogP contribution in [0.4, 0.5) is 5.95 Å². The molecule has 3 nitrogen and oxygen atoms in total. The molecule has 0 saturated heterocycles. The summed E-state index contributed by atoms with van der Waals surface area (Å²) in [5.74, 6) is 0.955. The van der Waals surface area contributed by atoms with Crippen molar-refractivity contribution in [3.63, 3.8) is 0 Å². The second-order valence-corrected chi connectivity index (χ2v) is 2.88. The molecule has 0 bridgehead atoms. The van der Waals surface area contributed by atoms with E-state index in [1.54, 1.807) is 0 Å². The minimum atomic E-state index is 0.913. The second kappa shape index (κ2) is 2.00. The van der Waals surface area contributed by atoms with Crippen LogP contribution in [0.2, 0.25) is 0 Å². The Kier molecular flexibility index (Phi) is 1.01. The number of hydrogen-bond acceptors (Lipinski definition) is 2. The zero-order valence-corrected chi connectivity index (χ0v) is 6.49. The molecule has 2 aromatic rings. The molecule has 3 heteroatoms. The lowest BCUT2D eigenvalue weighted by molar-refractivity contribution is 0.887. The highest BCUT2D eigenvalue weighted by Gasteiger charge is 2.14. The number of imidazole rings is 1. The van der Waals surface area contributed by atoms with E-state index in [1.807, 2.05) is 24.7 Å². The number of nitrogens with one attached hydrogen (secondary N) is 1. The molecule has 0 amide bonds. The second-order valence-electron chi connectivity index (χ2n) is 2.88. The van der Waals surface area contributed by atoms with Gasteiger partial charge in [0, 0.05) is 6.54 Å². The van der Waals surface area contributed by atoms with Crippen LogP contribution in [0.25, 0.3) is 11.0 Å². The average Bonchev–Trinajstić information content (AvgIpc) is 2.62. The minimum absolute atomic E-state index is 0.913. The molecular weight excluding hydrogens is 150 g/mol. The van der Waals surface area contributed by atoms with Crippen LogP contribution >= 0.6 is 0 Å². The SMILES string of the molecule is [CH]1Cn2c(nc3ccccc32)N1. The Morgan fingerprint density at radius 2 is 2.25 bits per heavy atom. The third-order valence-electron chi connectivity index (χ3n) is 2.16. The largest absolute Gasteiger partial charge is 0.349 e. The maximum Gasteiger partial charge on any atom is 0.204 e.